The molecule has 0 radical (unpaired) electrons. The Balaban J connectivity index is 2.46. The zero-order valence-corrected chi connectivity index (χ0v) is 12.4. The maximum Gasteiger partial charge on any atom is 0.160 e. The summed E-state index contributed by atoms with van der Waals surface area (Å²) in [6.45, 7) is 6.82. The van der Waals surface area contributed by atoms with E-state index in [2.05, 4.69) is 29.9 Å². The lowest BCUT2D eigenvalue weighted by Crippen LogP contribution is -2.07. The highest BCUT2D eigenvalue weighted by atomic mass is 35.5. The van der Waals surface area contributed by atoms with Crippen LogP contribution < -0.4 is 0 Å². The topological polar surface area (TPSA) is 35.0 Å². The van der Waals surface area contributed by atoms with Crippen LogP contribution in [0, 0.1) is 0 Å². The van der Waals surface area contributed by atoms with Crippen LogP contribution in [0.4, 0.5) is 0 Å². The summed E-state index contributed by atoms with van der Waals surface area (Å²) in [5.41, 5.74) is 0. The van der Waals surface area contributed by atoms with Crippen LogP contribution in [0.1, 0.15) is 44.0 Å². The van der Waals surface area contributed by atoms with Gasteiger partial charge in [-0.3, -0.25) is 0 Å². The highest BCUT2D eigenvalue weighted by molar-refractivity contribution is 7.18. The van der Waals surface area contributed by atoms with E-state index in [1.165, 1.54) is 4.88 Å². The van der Waals surface area contributed by atoms with Gasteiger partial charge in [0, 0.05) is 16.9 Å². The van der Waals surface area contributed by atoms with Gasteiger partial charge >= 0.3 is 0 Å². The predicted octanol–water partition coefficient (Wildman–Crippen LogP) is 4.39. The largest absolute Gasteiger partial charge is 0.371 e. The molecule has 5 heteroatoms. The summed E-state index contributed by atoms with van der Waals surface area (Å²) in [7, 11) is 0. The molecule has 2 aromatic rings. The van der Waals surface area contributed by atoms with E-state index in [-0.39, 0.29) is 6.10 Å². The lowest BCUT2D eigenvalue weighted by molar-refractivity contribution is 0.0538. The van der Waals surface area contributed by atoms with Gasteiger partial charge in [-0.15, -0.1) is 11.3 Å². The quantitative estimate of drug-likeness (QED) is 0.764. The molecule has 18 heavy (non-hydrogen) atoms. The molecule has 2 aromatic heterocycles. The number of nitrogens with zero attached hydrogens (tertiary/aromatic N) is 2. The molecule has 0 bridgehead atoms. The monoisotopic (exact) mass is 284 g/mol. The third-order valence-corrected chi connectivity index (χ3v) is 4.25. The van der Waals surface area contributed by atoms with Gasteiger partial charge in [-0.05, 0) is 25.8 Å². The summed E-state index contributed by atoms with van der Waals surface area (Å²) in [5, 5.41) is 1.48. The fourth-order valence-corrected chi connectivity index (χ4v) is 3.11. The van der Waals surface area contributed by atoms with Crippen molar-refractivity contribution in [1.82, 2.24) is 9.97 Å². The second-order valence-corrected chi connectivity index (χ2v) is 5.48. The first-order valence-corrected chi connectivity index (χ1v) is 7.46. The molecule has 0 aliphatic rings. The Morgan fingerprint density at radius 2 is 2.11 bits per heavy atom. The molecular formula is C13H17ClN2OS. The van der Waals surface area contributed by atoms with Crippen LogP contribution in [0.5, 0.6) is 0 Å². The summed E-state index contributed by atoms with van der Waals surface area (Å²) in [4.78, 5) is 11.2. The van der Waals surface area contributed by atoms with Gasteiger partial charge in [-0.2, -0.15) is 0 Å². The number of thiophene rings is 1. The van der Waals surface area contributed by atoms with Crippen molar-refractivity contribution < 1.29 is 4.74 Å². The molecule has 0 saturated heterocycles. The van der Waals surface area contributed by atoms with Crippen LogP contribution in [0.2, 0.25) is 5.15 Å². The molecule has 1 atom stereocenters. The third kappa shape index (κ3) is 2.66. The summed E-state index contributed by atoms with van der Waals surface area (Å²) in [6.07, 6.45) is 1.78. The Bertz CT molecular complexity index is 541. The Morgan fingerprint density at radius 1 is 1.33 bits per heavy atom. The molecule has 1 unspecified atom stereocenters. The van der Waals surface area contributed by atoms with Gasteiger partial charge in [0.15, 0.2) is 5.82 Å². The highest BCUT2D eigenvalue weighted by Gasteiger charge is 2.16. The zero-order chi connectivity index (χ0) is 13.1. The number of hydrogen-bond acceptors (Lipinski definition) is 4. The van der Waals surface area contributed by atoms with Crippen molar-refractivity contribution in [3.63, 3.8) is 0 Å². The smallest absolute Gasteiger partial charge is 0.160 e. The van der Waals surface area contributed by atoms with Crippen LogP contribution in [0.25, 0.3) is 10.2 Å². The number of aromatic nitrogens is 2. The molecule has 0 saturated carbocycles. The van der Waals surface area contributed by atoms with Crippen molar-refractivity contribution in [2.24, 2.45) is 0 Å². The van der Waals surface area contributed by atoms with Crippen LogP contribution in [-0.2, 0) is 11.2 Å². The number of aryl methyl sites for hydroxylation is 1. The Morgan fingerprint density at radius 3 is 2.72 bits per heavy atom. The minimum Gasteiger partial charge on any atom is -0.371 e. The maximum atomic E-state index is 6.23. The summed E-state index contributed by atoms with van der Waals surface area (Å²) in [5.74, 6) is 0.696. The third-order valence-electron chi connectivity index (χ3n) is 2.79. The van der Waals surface area contributed by atoms with E-state index >= 15 is 0 Å². The molecule has 0 N–H and O–H groups in total. The van der Waals surface area contributed by atoms with E-state index < -0.39 is 0 Å². The van der Waals surface area contributed by atoms with Crippen LogP contribution in [0.15, 0.2) is 6.07 Å². The lowest BCUT2D eigenvalue weighted by atomic mass is 10.2. The highest BCUT2D eigenvalue weighted by Crippen LogP contribution is 2.31. The second-order valence-electron chi connectivity index (χ2n) is 4.01. The number of fused-ring (bicyclic) bond motifs is 1. The maximum absolute atomic E-state index is 6.23. The average molecular weight is 285 g/mol. The molecular weight excluding hydrogens is 268 g/mol. The minimum atomic E-state index is -0.0657. The van der Waals surface area contributed by atoms with Crippen LogP contribution >= 0.6 is 22.9 Å². The predicted molar refractivity (Wildman–Crippen MR) is 76.5 cm³/mol. The SMILES string of the molecule is CCOC(CC)c1nc(Cl)c2cc(CC)sc2n1. The van der Waals surface area contributed by atoms with E-state index in [1.807, 2.05) is 6.92 Å². The normalized spacial score (nSPS) is 13.1. The minimum absolute atomic E-state index is 0.0657. The summed E-state index contributed by atoms with van der Waals surface area (Å²) in [6, 6.07) is 2.08. The molecule has 3 nitrogen and oxygen atoms in total. The van der Waals surface area contributed by atoms with Crippen molar-refractivity contribution in [3.05, 3.63) is 21.9 Å². The molecule has 0 amide bonds. The number of hydrogen-bond donors (Lipinski definition) is 0. The Labute approximate surface area is 116 Å². The van der Waals surface area contributed by atoms with Crippen molar-refractivity contribution in [2.45, 2.75) is 39.7 Å². The van der Waals surface area contributed by atoms with Crippen molar-refractivity contribution in [1.29, 1.82) is 0 Å². The van der Waals surface area contributed by atoms with Crippen LogP contribution in [0.3, 0.4) is 0 Å². The summed E-state index contributed by atoms with van der Waals surface area (Å²) >= 11 is 7.91. The molecule has 0 aliphatic carbocycles. The van der Waals surface area contributed by atoms with Crippen molar-refractivity contribution >= 4 is 33.2 Å². The van der Waals surface area contributed by atoms with E-state index in [1.54, 1.807) is 11.3 Å². The molecule has 0 fully saturated rings. The van der Waals surface area contributed by atoms with Crippen molar-refractivity contribution in [3.8, 4) is 0 Å². The molecule has 0 aliphatic heterocycles. The van der Waals surface area contributed by atoms with Gasteiger partial charge < -0.3 is 4.74 Å². The second kappa shape index (κ2) is 5.95. The fraction of sp³-hybridized carbons (Fsp3) is 0.538. The van der Waals surface area contributed by atoms with Gasteiger partial charge in [0.05, 0.1) is 0 Å². The number of halogens is 1. The van der Waals surface area contributed by atoms with Crippen LogP contribution in [-0.4, -0.2) is 16.6 Å². The van der Waals surface area contributed by atoms with Gasteiger partial charge in [-0.25, -0.2) is 9.97 Å². The first-order chi connectivity index (χ1) is 8.69. The first-order valence-electron chi connectivity index (χ1n) is 6.27. The average Bonchev–Trinajstić information content (AvgIpc) is 2.79. The van der Waals surface area contributed by atoms with E-state index in [0.29, 0.717) is 17.6 Å². The number of rotatable bonds is 5. The zero-order valence-electron chi connectivity index (χ0n) is 10.9. The molecule has 0 aromatic carbocycles. The lowest BCUT2D eigenvalue weighted by Gasteiger charge is -2.13. The summed E-state index contributed by atoms with van der Waals surface area (Å²) < 4.78 is 5.64. The standard InChI is InChI=1S/C13H17ClN2OS/c1-4-8-7-9-11(14)15-12(16-13(9)18-8)10(5-2)17-6-3/h7,10H,4-6H2,1-3H3. The van der Waals surface area contributed by atoms with E-state index in [4.69, 9.17) is 16.3 Å². The van der Waals surface area contributed by atoms with Gasteiger partial charge in [0.2, 0.25) is 0 Å². The van der Waals surface area contributed by atoms with Gasteiger partial charge in [0.25, 0.3) is 0 Å². The Kier molecular flexibility index (Phi) is 4.54. The Hall–Kier alpha value is -0.710. The number of ether oxygens (including phenoxy) is 1. The molecule has 0 spiro atoms. The molecule has 2 rings (SSSR count). The van der Waals surface area contributed by atoms with Gasteiger partial charge in [-0.1, -0.05) is 25.4 Å². The van der Waals surface area contributed by atoms with Gasteiger partial charge in [0.1, 0.15) is 16.1 Å². The molecule has 2 heterocycles. The van der Waals surface area contributed by atoms with E-state index in [9.17, 15) is 0 Å². The first kappa shape index (κ1) is 13.7. The fourth-order valence-electron chi connectivity index (χ4n) is 1.85. The van der Waals surface area contributed by atoms with Crippen molar-refractivity contribution in [2.75, 3.05) is 6.61 Å². The van der Waals surface area contributed by atoms with E-state index in [0.717, 1.165) is 23.1 Å². The molecule has 98 valence electrons.